The van der Waals surface area contributed by atoms with E-state index >= 15 is 0 Å². The molecule has 0 atom stereocenters. The van der Waals surface area contributed by atoms with E-state index in [9.17, 15) is 0 Å². The van der Waals surface area contributed by atoms with Crippen LogP contribution in [-0.4, -0.2) is 12.3 Å². The molecule has 0 fully saturated rings. The molecule has 0 radical (unpaired) electrons. The van der Waals surface area contributed by atoms with Gasteiger partial charge in [0, 0.05) is 6.07 Å². The first-order valence-corrected chi connectivity index (χ1v) is 4.96. The second-order valence-electron chi connectivity index (χ2n) is 3.43. The van der Waals surface area contributed by atoms with Crippen molar-refractivity contribution in [1.29, 1.82) is 0 Å². The normalized spacial score (nSPS) is 10.1. The topological polar surface area (TPSA) is 44.5 Å². The monoisotopic (exact) mass is 219 g/mol. The predicted molar refractivity (Wildman–Crippen MR) is 58.6 cm³/mol. The van der Waals surface area contributed by atoms with E-state index in [4.69, 9.17) is 14.0 Å². The predicted octanol–water partition coefficient (Wildman–Crippen LogP) is 2.57. The number of methoxy groups -OCH3 is 1. The van der Waals surface area contributed by atoms with Crippen molar-refractivity contribution in [3.05, 3.63) is 41.8 Å². The minimum Gasteiger partial charge on any atom is -0.493 e. The van der Waals surface area contributed by atoms with Crippen LogP contribution in [0.5, 0.6) is 11.5 Å². The first kappa shape index (κ1) is 10.5. The highest BCUT2D eigenvalue weighted by Gasteiger charge is 2.05. The third-order valence-corrected chi connectivity index (χ3v) is 2.19. The standard InChI is InChI=1S/C12H13NO3/c1-9-3-4-11(12(7-9)14-2)15-8-10-5-6-16-13-10/h3-7H,8H2,1-2H3. The van der Waals surface area contributed by atoms with Crippen LogP contribution in [0.4, 0.5) is 0 Å². The Bertz CT molecular complexity index is 451. The van der Waals surface area contributed by atoms with Gasteiger partial charge in [-0.25, -0.2) is 0 Å². The van der Waals surface area contributed by atoms with Crippen LogP contribution in [-0.2, 0) is 6.61 Å². The molecule has 0 aliphatic heterocycles. The van der Waals surface area contributed by atoms with Crippen LogP contribution in [0, 0.1) is 6.92 Å². The first-order chi connectivity index (χ1) is 7.79. The van der Waals surface area contributed by atoms with Gasteiger partial charge in [0.15, 0.2) is 11.5 Å². The first-order valence-electron chi connectivity index (χ1n) is 4.96. The van der Waals surface area contributed by atoms with Gasteiger partial charge in [0.2, 0.25) is 0 Å². The smallest absolute Gasteiger partial charge is 0.161 e. The molecule has 0 spiro atoms. The Morgan fingerprint density at radius 2 is 2.12 bits per heavy atom. The van der Waals surface area contributed by atoms with Gasteiger partial charge in [0.05, 0.1) is 7.11 Å². The average molecular weight is 219 g/mol. The van der Waals surface area contributed by atoms with E-state index < -0.39 is 0 Å². The number of rotatable bonds is 4. The van der Waals surface area contributed by atoms with Crippen LogP contribution in [0.3, 0.4) is 0 Å². The van der Waals surface area contributed by atoms with E-state index in [1.54, 1.807) is 13.2 Å². The summed E-state index contributed by atoms with van der Waals surface area (Å²) in [4.78, 5) is 0. The van der Waals surface area contributed by atoms with Crippen molar-refractivity contribution in [3.63, 3.8) is 0 Å². The van der Waals surface area contributed by atoms with Gasteiger partial charge in [-0.3, -0.25) is 0 Å². The van der Waals surface area contributed by atoms with Crippen LogP contribution in [0.1, 0.15) is 11.3 Å². The molecular formula is C12H13NO3. The summed E-state index contributed by atoms with van der Waals surface area (Å²) in [6, 6.07) is 7.55. The molecule has 4 nitrogen and oxygen atoms in total. The summed E-state index contributed by atoms with van der Waals surface area (Å²) < 4.78 is 15.5. The highest BCUT2D eigenvalue weighted by atomic mass is 16.5. The molecule has 4 heteroatoms. The number of hydrogen-bond acceptors (Lipinski definition) is 4. The van der Waals surface area contributed by atoms with Crippen LogP contribution in [0.25, 0.3) is 0 Å². The molecular weight excluding hydrogens is 206 g/mol. The van der Waals surface area contributed by atoms with Gasteiger partial charge >= 0.3 is 0 Å². The van der Waals surface area contributed by atoms with E-state index in [1.807, 2.05) is 25.1 Å². The minimum absolute atomic E-state index is 0.371. The number of nitrogens with zero attached hydrogens (tertiary/aromatic N) is 1. The van der Waals surface area contributed by atoms with Crippen LogP contribution >= 0.6 is 0 Å². The lowest BCUT2D eigenvalue weighted by atomic mass is 10.2. The summed E-state index contributed by atoms with van der Waals surface area (Å²) in [5.74, 6) is 1.43. The van der Waals surface area contributed by atoms with Gasteiger partial charge in [-0.15, -0.1) is 0 Å². The van der Waals surface area contributed by atoms with Crippen molar-refractivity contribution in [3.8, 4) is 11.5 Å². The Kier molecular flexibility index (Phi) is 3.10. The maximum atomic E-state index is 5.58. The Balaban J connectivity index is 2.09. The lowest BCUT2D eigenvalue weighted by Crippen LogP contribution is -1.98. The zero-order valence-corrected chi connectivity index (χ0v) is 9.27. The molecule has 1 aromatic carbocycles. The highest BCUT2D eigenvalue weighted by Crippen LogP contribution is 2.28. The minimum atomic E-state index is 0.371. The fraction of sp³-hybridized carbons (Fsp3) is 0.250. The molecule has 1 heterocycles. The van der Waals surface area contributed by atoms with Gasteiger partial charge < -0.3 is 14.0 Å². The Morgan fingerprint density at radius 1 is 1.25 bits per heavy atom. The van der Waals surface area contributed by atoms with E-state index in [-0.39, 0.29) is 0 Å². The largest absolute Gasteiger partial charge is 0.493 e. The molecule has 0 saturated heterocycles. The SMILES string of the molecule is COc1cc(C)ccc1OCc1ccon1. The summed E-state index contributed by atoms with van der Waals surface area (Å²) in [5.41, 5.74) is 1.88. The molecule has 0 aliphatic carbocycles. The number of aromatic nitrogens is 1. The fourth-order valence-electron chi connectivity index (χ4n) is 1.36. The molecule has 2 rings (SSSR count). The van der Waals surface area contributed by atoms with Gasteiger partial charge in [-0.2, -0.15) is 0 Å². The van der Waals surface area contributed by atoms with Crippen LogP contribution < -0.4 is 9.47 Å². The second kappa shape index (κ2) is 4.70. The van der Waals surface area contributed by atoms with E-state index in [2.05, 4.69) is 5.16 Å². The molecule has 84 valence electrons. The van der Waals surface area contributed by atoms with Gasteiger partial charge in [0.25, 0.3) is 0 Å². The van der Waals surface area contributed by atoms with Gasteiger partial charge in [-0.05, 0) is 24.6 Å². The van der Waals surface area contributed by atoms with Crippen LogP contribution in [0.15, 0.2) is 35.1 Å². The summed E-state index contributed by atoms with van der Waals surface area (Å²) in [6.07, 6.45) is 1.52. The number of hydrogen-bond donors (Lipinski definition) is 0. The molecule has 0 saturated carbocycles. The summed E-state index contributed by atoms with van der Waals surface area (Å²) in [7, 11) is 1.62. The van der Waals surface area contributed by atoms with Crippen molar-refractivity contribution >= 4 is 0 Å². The number of aryl methyl sites for hydroxylation is 1. The second-order valence-corrected chi connectivity index (χ2v) is 3.43. The lowest BCUT2D eigenvalue weighted by Gasteiger charge is -2.09. The molecule has 2 aromatic rings. The van der Waals surface area contributed by atoms with E-state index in [1.165, 1.54) is 6.26 Å². The van der Waals surface area contributed by atoms with Crippen molar-refractivity contribution in [2.24, 2.45) is 0 Å². The summed E-state index contributed by atoms with van der Waals surface area (Å²) >= 11 is 0. The molecule has 1 aromatic heterocycles. The van der Waals surface area contributed by atoms with E-state index in [0.717, 1.165) is 17.0 Å². The maximum absolute atomic E-state index is 5.58. The molecule has 0 unspecified atom stereocenters. The number of ether oxygens (including phenoxy) is 2. The third-order valence-electron chi connectivity index (χ3n) is 2.19. The molecule has 0 bridgehead atoms. The maximum Gasteiger partial charge on any atom is 0.161 e. The molecule has 16 heavy (non-hydrogen) atoms. The molecule has 0 amide bonds. The van der Waals surface area contributed by atoms with Crippen molar-refractivity contribution in [2.45, 2.75) is 13.5 Å². The average Bonchev–Trinajstić information content (AvgIpc) is 2.80. The van der Waals surface area contributed by atoms with Crippen molar-refractivity contribution < 1.29 is 14.0 Å². The summed E-state index contributed by atoms with van der Waals surface area (Å²) in [6.45, 7) is 2.37. The van der Waals surface area contributed by atoms with Crippen molar-refractivity contribution in [1.82, 2.24) is 5.16 Å². The Hall–Kier alpha value is -1.97. The van der Waals surface area contributed by atoms with Crippen molar-refractivity contribution in [2.75, 3.05) is 7.11 Å². The highest BCUT2D eigenvalue weighted by molar-refractivity contribution is 5.42. The summed E-state index contributed by atoms with van der Waals surface area (Å²) in [5, 5.41) is 3.76. The van der Waals surface area contributed by atoms with Gasteiger partial charge in [0.1, 0.15) is 18.6 Å². The van der Waals surface area contributed by atoms with Gasteiger partial charge in [-0.1, -0.05) is 11.2 Å². The zero-order valence-electron chi connectivity index (χ0n) is 9.27. The third kappa shape index (κ3) is 2.34. The fourth-order valence-corrected chi connectivity index (χ4v) is 1.36. The Labute approximate surface area is 93.8 Å². The van der Waals surface area contributed by atoms with E-state index in [0.29, 0.717) is 12.4 Å². The quantitative estimate of drug-likeness (QED) is 0.792. The Morgan fingerprint density at radius 3 is 2.81 bits per heavy atom. The number of benzene rings is 1. The zero-order chi connectivity index (χ0) is 11.4. The molecule has 0 aliphatic rings. The molecule has 0 N–H and O–H groups in total. The lowest BCUT2D eigenvalue weighted by molar-refractivity contribution is 0.272. The van der Waals surface area contributed by atoms with Crippen LogP contribution in [0.2, 0.25) is 0 Å².